The molecule has 2 aliphatic rings. The van der Waals surface area contributed by atoms with E-state index in [0.29, 0.717) is 6.04 Å². The lowest BCUT2D eigenvalue weighted by molar-refractivity contribution is 0.0898. The predicted molar refractivity (Wildman–Crippen MR) is 127 cm³/mol. The number of aliphatic imine (C=N–C) groups is 1. The van der Waals surface area contributed by atoms with Gasteiger partial charge in [-0.05, 0) is 63.7 Å². The minimum absolute atomic E-state index is 0.278. The lowest BCUT2D eigenvalue weighted by atomic mass is 10.0. The zero-order valence-electron chi connectivity index (χ0n) is 19.1. The summed E-state index contributed by atoms with van der Waals surface area (Å²) in [5, 5.41) is 13.0. The van der Waals surface area contributed by atoms with E-state index in [0.717, 1.165) is 68.4 Å². The van der Waals surface area contributed by atoms with Crippen molar-refractivity contribution in [2.75, 3.05) is 57.1 Å². The first-order chi connectivity index (χ1) is 14.8. The van der Waals surface area contributed by atoms with Gasteiger partial charge in [0, 0.05) is 44.5 Å². The number of aliphatic hydroxyl groups excluding tert-OH is 1. The minimum atomic E-state index is 0.278. The van der Waals surface area contributed by atoms with Gasteiger partial charge < -0.3 is 15.3 Å². The molecule has 6 nitrogen and oxygen atoms in total. The summed E-state index contributed by atoms with van der Waals surface area (Å²) in [6.07, 6.45) is 12.1. The molecule has 30 heavy (non-hydrogen) atoms. The van der Waals surface area contributed by atoms with Crippen molar-refractivity contribution in [3.05, 3.63) is 17.7 Å². The second kappa shape index (κ2) is 12.3. The Balaban J connectivity index is 1.63. The van der Waals surface area contributed by atoms with Crippen molar-refractivity contribution in [3.63, 3.8) is 0 Å². The number of piperidine rings is 1. The molecule has 0 bridgehead atoms. The molecule has 0 aromatic carbocycles. The normalized spacial score (nSPS) is 21.9. The van der Waals surface area contributed by atoms with E-state index in [1.807, 2.05) is 14.1 Å². The van der Waals surface area contributed by atoms with E-state index < -0.39 is 0 Å². The molecule has 168 valence electrons. The first-order valence-corrected chi connectivity index (χ1v) is 12.0. The molecule has 3 rings (SSSR count). The average molecular weight is 416 g/mol. The highest BCUT2D eigenvalue weighted by Crippen LogP contribution is 2.24. The van der Waals surface area contributed by atoms with Crippen LogP contribution in [0.5, 0.6) is 0 Å². The van der Waals surface area contributed by atoms with Crippen LogP contribution in [0.2, 0.25) is 0 Å². The number of pyridine rings is 1. The highest BCUT2D eigenvalue weighted by Gasteiger charge is 2.21. The number of likely N-dealkylation sites (tertiary alicyclic amines) is 1. The first kappa shape index (κ1) is 23.0. The van der Waals surface area contributed by atoms with Crippen molar-refractivity contribution in [3.8, 4) is 0 Å². The summed E-state index contributed by atoms with van der Waals surface area (Å²) in [7, 11) is 3.84. The molecule has 0 spiro atoms. The molecule has 2 saturated heterocycles. The number of anilines is 2. The Bertz CT molecular complexity index is 670. The number of hydrogen-bond donors (Lipinski definition) is 2. The molecule has 1 aromatic heterocycles. The molecule has 2 N–H and O–H groups in total. The smallest absolute Gasteiger partial charge is 0.137 e. The Hall–Kier alpha value is -1.66. The second-order valence-electron chi connectivity index (χ2n) is 8.71. The minimum Gasteiger partial charge on any atom is -0.395 e. The molecule has 1 atom stereocenters. The van der Waals surface area contributed by atoms with E-state index in [-0.39, 0.29) is 6.61 Å². The molecule has 1 aromatic rings. The highest BCUT2D eigenvalue weighted by atomic mass is 16.3. The van der Waals surface area contributed by atoms with Crippen molar-refractivity contribution < 1.29 is 5.11 Å². The van der Waals surface area contributed by atoms with Crippen LogP contribution in [0.1, 0.15) is 69.8 Å². The van der Waals surface area contributed by atoms with Crippen LogP contribution < -0.4 is 10.2 Å². The van der Waals surface area contributed by atoms with Crippen molar-refractivity contribution in [2.24, 2.45) is 4.99 Å². The summed E-state index contributed by atoms with van der Waals surface area (Å²) in [6, 6.07) is 4.72. The standard InChI is InChI=1S/C24H41N5O/c1-25-22(12-10-18-28-15-9-6-11-20(28)19-30)21-13-14-23(27-24(21)26-2)29-16-7-4-3-5-8-17-29/h13-14,20,30H,3-12,15-19H2,1-2H3,(H,26,27). The molecule has 0 aliphatic carbocycles. The number of rotatable bonds is 8. The van der Waals surface area contributed by atoms with E-state index >= 15 is 0 Å². The fraction of sp³-hybridized carbons (Fsp3) is 0.750. The van der Waals surface area contributed by atoms with E-state index in [4.69, 9.17) is 4.98 Å². The van der Waals surface area contributed by atoms with Crippen molar-refractivity contribution in [1.82, 2.24) is 9.88 Å². The van der Waals surface area contributed by atoms with Gasteiger partial charge in [0.25, 0.3) is 0 Å². The van der Waals surface area contributed by atoms with Gasteiger partial charge in [0.05, 0.1) is 6.61 Å². The summed E-state index contributed by atoms with van der Waals surface area (Å²) in [6.45, 7) is 4.62. The van der Waals surface area contributed by atoms with Crippen LogP contribution in [0, 0.1) is 0 Å². The largest absolute Gasteiger partial charge is 0.395 e. The summed E-state index contributed by atoms with van der Waals surface area (Å²) < 4.78 is 0. The zero-order chi connectivity index (χ0) is 21.2. The number of aliphatic hydroxyl groups is 1. The fourth-order valence-corrected chi connectivity index (χ4v) is 4.90. The molecular formula is C24H41N5O. The third-order valence-corrected chi connectivity index (χ3v) is 6.70. The van der Waals surface area contributed by atoms with Gasteiger partial charge >= 0.3 is 0 Å². The van der Waals surface area contributed by atoms with Crippen LogP contribution >= 0.6 is 0 Å². The van der Waals surface area contributed by atoms with Gasteiger partial charge in [0.1, 0.15) is 11.6 Å². The Kier molecular flexibility index (Phi) is 9.40. The van der Waals surface area contributed by atoms with Gasteiger partial charge in [0.15, 0.2) is 0 Å². The van der Waals surface area contributed by atoms with Gasteiger partial charge in [-0.15, -0.1) is 0 Å². The molecular weight excluding hydrogens is 374 g/mol. The van der Waals surface area contributed by atoms with E-state index in [1.165, 1.54) is 44.9 Å². The molecule has 0 amide bonds. The average Bonchev–Trinajstić information content (AvgIpc) is 2.76. The number of nitrogens with zero attached hydrogens (tertiary/aromatic N) is 4. The van der Waals surface area contributed by atoms with Crippen LogP contribution in [-0.4, -0.2) is 73.6 Å². The van der Waals surface area contributed by atoms with Crippen LogP contribution in [0.4, 0.5) is 11.6 Å². The number of hydrogen-bond acceptors (Lipinski definition) is 6. The van der Waals surface area contributed by atoms with Gasteiger partial charge in [-0.3, -0.25) is 9.89 Å². The number of nitrogens with one attached hydrogen (secondary N) is 1. The van der Waals surface area contributed by atoms with Crippen LogP contribution in [-0.2, 0) is 0 Å². The SMILES string of the molecule is CN=C(CCCN1CCCCC1CO)c1ccc(N2CCCCCCC2)nc1NC. The predicted octanol–water partition coefficient (Wildman–Crippen LogP) is 3.94. The Morgan fingerprint density at radius 2 is 1.83 bits per heavy atom. The molecule has 2 aliphatic heterocycles. The second-order valence-corrected chi connectivity index (χ2v) is 8.71. The third-order valence-electron chi connectivity index (χ3n) is 6.70. The van der Waals surface area contributed by atoms with Crippen molar-refractivity contribution in [2.45, 2.75) is 70.3 Å². The lowest BCUT2D eigenvalue weighted by Crippen LogP contribution is -2.42. The molecule has 6 heteroatoms. The monoisotopic (exact) mass is 415 g/mol. The first-order valence-electron chi connectivity index (χ1n) is 12.0. The van der Waals surface area contributed by atoms with Crippen molar-refractivity contribution >= 4 is 17.3 Å². The zero-order valence-corrected chi connectivity index (χ0v) is 19.1. The Labute approximate surface area is 182 Å². The van der Waals surface area contributed by atoms with E-state index in [1.54, 1.807) is 0 Å². The molecule has 0 saturated carbocycles. The molecule has 2 fully saturated rings. The Morgan fingerprint density at radius 1 is 1.10 bits per heavy atom. The van der Waals surface area contributed by atoms with E-state index in [2.05, 4.69) is 32.2 Å². The maximum atomic E-state index is 9.64. The maximum absolute atomic E-state index is 9.64. The number of aromatic nitrogens is 1. The topological polar surface area (TPSA) is 64.0 Å². The summed E-state index contributed by atoms with van der Waals surface area (Å²) >= 11 is 0. The fourth-order valence-electron chi connectivity index (χ4n) is 4.90. The van der Waals surface area contributed by atoms with E-state index in [9.17, 15) is 5.11 Å². The van der Waals surface area contributed by atoms with Crippen molar-refractivity contribution in [1.29, 1.82) is 0 Å². The summed E-state index contributed by atoms with van der Waals surface area (Å²) in [4.78, 5) is 14.5. The molecule has 3 heterocycles. The molecule has 1 unspecified atom stereocenters. The molecule has 0 radical (unpaired) electrons. The van der Waals surface area contributed by atoms with Gasteiger partial charge in [0.2, 0.25) is 0 Å². The lowest BCUT2D eigenvalue weighted by Gasteiger charge is -2.34. The van der Waals surface area contributed by atoms with Gasteiger partial charge in [-0.1, -0.05) is 25.7 Å². The maximum Gasteiger partial charge on any atom is 0.137 e. The van der Waals surface area contributed by atoms with Crippen LogP contribution in [0.25, 0.3) is 0 Å². The van der Waals surface area contributed by atoms with Crippen LogP contribution in [0.3, 0.4) is 0 Å². The highest BCUT2D eigenvalue weighted by molar-refractivity contribution is 6.04. The van der Waals surface area contributed by atoms with Crippen LogP contribution in [0.15, 0.2) is 17.1 Å². The summed E-state index contributed by atoms with van der Waals surface area (Å²) in [5.41, 5.74) is 2.23. The van der Waals surface area contributed by atoms with Gasteiger partial charge in [-0.2, -0.15) is 0 Å². The Morgan fingerprint density at radius 3 is 2.53 bits per heavy atom. The summed E-state index contributed by atoms with van der Waals surface area (Å²) in [5.74, 6) is 2.01. The van der Waals surface area contributed by atoms with Gasteiger partial charge in [-0.25, -0.2) is 4.98 Å². The third kappa shape index (κ3) is 6.17. The quantitative estimate of drug-likeness (QED) is 0.630.